The third-order valence-corrected chi connectivity index (χ3v) is 5.95. The zero-order chi connectivity index (χ0) is 21.1. The van der Waals surface area contributed by atoms with Crippen LogP contribution in [0.1, 0.15) is 20.2 Å². The smallest absolute Gasteiger partial charge is 0.274 e. The number of aryl methyl sites for hydroxylation is 1. The number of methoxy groups -OCH3 is 1. The molecule has 8 nitrogen and oxygen atoms in total. The van der Waals surface area contributed by atoms with Crippen molar-refractivity contribution in [2.45, 2.75) is 0 Å². The SMILES string of the molecule is COc1ccccc1N1CCN(C(=O)c2cc(NC(=O)c3cccs3)n(C)n2)CC1. The average molecular weight is 426 g/mol. The highest BCUT2D eigenvalue weighted by Gasteiger charge is 2.26. The van der Waals surface area contributed by atoms with Gasteiger partial charge in [0, 0.05) is 39.3 Å². The van der Waals surface area contributed by atoms with Gasteiger partial charge >= 0.3 is 0 Å². The molecule has 1 aliphatic heterocycles. The number of amides is 2. The van der Waals surface area contributed by atoms with E-state index in [0.717, 1.165) is 11.4 Å². The minimum Gasteiger partial charge on any atom is -0.495 e. The quantitative estimate of drug-likeness (QED) is 0.680. The molecule has 1 aliphatic rings. The first kappa shape index (κ1) is 20.0. The number of hydrogen-bond donors (Lipinski definition) is 1. The van der Waals surface area contributed by atoms with Gasteiger partial charge in [-0.1, -0.05) is 18.2 Å². The number of carbonyl (C=O) groups is 2. The molecule has 0 atom stereocenters. The van der Waals surface area contributed by atoms with E-state index in [-0.39, 0.29) is 11.8 Å². The average Bonchev–Trinajstić information content (AvgIpc) is 3.44. The number of thiophene rings is 1. The Labute approximate surface area is 178 Å². The summed E-state index contributed by atoms with van der Waals surface area (Å²) in [6.45, 7) is 2.59. The fourth-order valence-corrected chi connectivity index (χ4v) is 4.10. The number of aromatic nitrogens is 2. The number of ether oxygens (including phenoxy) is 1. The fraction of sp³-hybridized carbons (Fsp3) is 0.286. The van der Waals surface area contributed by atoms with E-state index in [0.29, 0.717) is 42.6 Å². The number of nitrogens with one attached hydrogen (secondary N) is 1. The van der Waals surface area contributed by atoms with Crippen molar-refractivity contribution in [1.82, 2.24) is 14.7 Å². The molecule has 156 valence electrons. The Balaban J connectivity index is 1.40. The monoisotopic (exact) mass is 425 g/mol. The fourth-order valence-electron chi connectivity index (χ4n) is 3.48. The van der Waals surface area contributed by atoms with Gasteiger partial charge in [-0.15, -0.1) is 11.3 Å². The lowest BCUT2D eigenvalue weighted by Crippen LogP contribution is -2.49. The van der Waals surface area contributed by atoms with Crippen LogP contribution < -0.4 is 15.0 Å². The lowest BCUT2D eigenvalue weighted by atomic mass is 10.2. The number of carbonyl (C=O) groups excluding carboxylic acids is 2. The summed E-state index contributed by atoms with van der Waals surface area (Å²) < 4.78 is 6.97. The van der Waals surface area contributed by atoms with Gasteiger partial charge in [0.25, 0.3) is 11.8 Å². The van der Waals surface area contributed by atoms with E-state index in [1.165, 1.54) is 16.0 Å². The van der Waals surface area contributed by atoms with Crippen LogP contribution in [-0.2, 0) is 7.05 Å². The number of piperazine rings is 1. The third-order valence-electron chi connectivity index (χ3n) is 5.08. The Morgan fingerprint density at radius 1 is 1.10 bits per heavy atom. The zero-order valence-corrected chi connectivity index (χ0v) is 17.7. The van der Waals surface area contributed by atoms with Gasteiger partial charge in [-0.05, 0) is 23.6 Å². The van der Waals surface area contributed by atoms with Crippen molar-refractivity contribution in [3.8, 4) is 5.75 Å². The van der Waals surface area contributed by atoms with Crippen molar-refractivity contribution in [2.24, 2.45) is 7.05 Å². The van der Waals surface area contributed by atoms with Gasteiger partial charge in [0.1, 0.15) is 11.6 Å². The molecule has 2 amide bonds. The van der Waals surface area contributed by atoms with Crippen LogP contribution in [0.25, 0.3) is 0 Å². The van der Waals surface area contributed by atoms with Crippen LogP contribution in [0.3, 0.4) is 0 Å². The highest BCUT2D eigenvalue weighted by molar-refractivity contribution is 7.12. The first-order chi connectivity index (χ1) is 14.6. The maximum Gasteiger partial charge on any atom is 0.274 e. The normalized spacial score (nSPS) is 13.9. The minimum absolute atomic E-state index is 0.137. The Morgan fingerprint density at radius 3 is 2.57 bits per heavy atom. The second kappa shape index (κ2) is 8.58. The molecule has 0 radical (unpaired) electrons. The summed E-state index contributed by atoms with van der Waals surface area (Å²) in [4.78, 5) is 29.8. The van der Waals surface area contributed by atoms with Gasteiger partial charge in [-0.25, -0.2) is 0 Å². The molecule has 0 unspecified atom stereocenters. The molecular formula is C21H23N5O3S. The van der Waals surface area contributed by atoms with Crippen LogP contribution in [0.15, 0.2) is 47.8 Å². The second-order valence-corrected chi connectivity index (χ2v) is 7.87. The molecule has 30 heavy (non-hydrogen) atoms. The Kier molecular flexibility index (Phi) is 5.71. The number of hydrogen-bond acceptors (Lipinski definition) is 6. The maximum atomic E-state index is 12.9. The molecule has 1 fully saturated rings. The predicted octanol–water partition coefficient (Wildman–Crippen LogP) is 2.70. The molecule has 0 aliphatic carbocycles. The standard InChI is InChI=1S/C21H23N5O3S/c1-24-19(22-20(27)18-8-5-13-30-18)14-15(23-24)21(28)26-11-9-25(10-12-26)16-6-3-4-7-17(16)29-2/h3-8,13-14H,9-12H2,1-2H3,(H,22,27). The molecule has 9 heteroatoms. The Bertz CT molecular complexity index is 1040. The molecule has 0 spiro atoms. The Morgan fingerprint density at radius 2 is 1.87 bits per heavy atom. The van der Waals surface area contributed by atoms with Crippen LogP contribution in [0, 0.1) is 0 Å². The van der Waals surface area contributed by atoms with E-state index < -0.39 is 0 Å². The molecule has 1 N–H and O–H groups in total. The van der Waals surface area contributed by atoms with E-state index in [1.54, 1.807) is 31.2 Å². The molecule has 0 bridgehead atoms. The highest BCUT2D eigenvalue weighted by atomic mass is 32.1. The summed E-state index contributed by atoms with van der Waals surface area (Å²) >= 11 is 1.36. The van der Waals surface area contributed by atoms with Crippen LogP contribution in [-0.4, -0.2) is 59.8 Å². The molecule has 1 aromatic carbocycles. The van der Waals surface area contributed by atoms with Crippen molar-refractivity contribution in [2.75, 3.05) is 43.5 Å². The number of nitrogens with zero attached hydrogens (tertiary/aromatic N) is 4. The lowest BCUT2D eigenvalue weighted by Gasteiger charge is -2.36. The van der Waals surface area contributed by atoms with Gasteiger partial charge in [0.05, 0.1) is 17.7 Å². The van der Waals surface area contributed by atoms with Crippen LogP contribution in [0.2, 0.25) is 0 Å². The van der Waals surface area contributed by atoms with Crippen LogP contribution in [0.4, 0.5) is 11.5 Å². The topological polar surface area (TPSA) is 79.7 Å². The summed E-state index contributed by atoms with van der Waals surface area (Å²) in [5.74, 6) is 0.969. The van der Waals surface area contributed by atoms with Gasteiger partial charge in [-0.2, -0.15) is 5.10 Å². The molecule has 1 saturated heterocycles. The molecule has 4 rings (SSSR count). The first-order valence-electron chi connectivity index (χ1n) is 9.63. The molecule has 3 aromatic rings. The van der Waals surface area contributed by atoms with Crippen molar-refractivity contribution < 1.29 is 14.3 Å². The zero-order valence-electron chi connectivity index (χ0n) is 16.9. The van der Waals surface area contributed by atoms with Gasteiger partial charge in [-0.3, -0.25) is 14.3 Å². The molecule has 3 heterocycles. The minimum atomic E-state index is -0.211. The number of benzene rings is 1. The van der Waals surface area contributed by atoms with Crippen LogP contribution in [0.5, 0.6) is 5.75 Å². The van der Waals surface area contributed by atoms with Gasteiger partial charge < -0.3 is 19.9 Å². The summed E-state index contributed by atoms with van der Waals surface area (Å²) in [5, 5.41) is 8.96. The van der Waals surface area contributed by atoms with E-state index >= 15 is 0 Å². The molecular weight excluding hydrogens is 402 g/mol. The number of para-hydroxylation sites is 2. The van der Waals surface area contributed by atoms with E-state index in [1.807, 2.05) is 35.7 Å². The van der Waals surface area contributed by atoms with E-state index in [4.69, 9.17) is 4.74 Å². The van der Waals surface area contributed by atoms with Crippen molar-refractivity contribution >= 4 is 34.7 Å². The summed E-state index contributed by atoms with van der Waals surface area (Å²) in [6, 6.07) is 13.1. The lowest BCUT2D eigenvalue weighted by molar-refractivity contribution is 0.0739. The summed E-state index contributed by atoms with van der Waals surface area (Å²) in [5.41, 5.74) is 1.35. The molecule has 2 aromatic heterocycles. The summed E-state index contributed by atoms with van der Waals surface area (Å²) in [7, 11) is 3.37. The summed E-state index contributed by atoms with van der Waals surface area (Å²) in [6.07, 6.45) is 0. The Hall–Kier alpha value is -3.33. The van der Waals surface area contributed by atoms with Crippen LogP contribution >= 0.6 is 11.3 Å². The van der Waals surface area contributed by atoms with Gasteiger partial charge in [0.15, 0.2) is 5.69 Å². The predicted molar refractivity (Wildman–Crippen MR) is 117 cm³/mol. The van der Waals surface area contributed by atoms with Crippen molar-refractivity contribution in [1.29, 1.82) is 0 Å². The second-order valence-electron chi connectivity index (χ2n) is 6.92. The maximum absolute atomic E-state index is 12.9. The number of anilines is 2. The third kappa shape index (κ3) is 4.02. The number of rotatable bonds is 5. The van der Waals surface area contributed by atoms with Gasteiger partial charge in [0.2, 0.25) is 0 Å². The van der Waals surface area contributed by atoms with Crippen molar-refractivity contribution in [3.63, 3.8) is 0 Å². The largest absolute Gasteiger partial charge is 0.495 e. The van der Waals surface area contributed by atoms with E-state index in [9.17, 15) is 9.59 Å². The first-order valence-corrected chi connectivity index (χ1v) is 10.5. The van der Waals surface area contributed by atoms with E-state index in [2.05, 4.69) is 15.3 Å². The van der Waals surface area contributed by atoms with Crippen molar-refractivity contribution in [3.05, 3.63) is 58.4 Å². The highest BCUT2D eigenvalue weighted by Crippen LogP contribution is 2.28. The molecule has 0 saturated carbocycles.